The first-order chi connectivity index (χ1) is 31.2. The van der Waals surface area contributed by atoms with Crippen molar-refractivity contribution in [2.75, 3.05) is 0 Å². The van der Waals surface area contributed by atoms with Gasteiger partial charge in [0.05, 0.1) is 17.1 Å². The van der Waals surface area contributed by atoms with Crippen LogP contribution in [0.5, 0.6) is 0 Å². The van der Waals surface area contributed by atoms with Crippen LogP contribution in [0.3, 0.4) is 0 Å². The number of halogens is 1. The molecule has 0 aliphatic carbocycles. The van der Waals surface area contributed by atoms with Crippen LogP contribution in [-0.2, 0) is 25.7 Å². The van der Waals surface area contributed by atoms with Crippen molar-refractivity contribution in [1.82, 2.24) is 19.9 Å². The summed E-state index contributed by atoms with van der Waals surface area (Å²) in [5, 5.41) is 1.55. The minimum atomic E-state index is -2.35. The molecule has 0 atom stereocenters. The molecule has 0 radical (unpaired) electrons. The summed E-state index contributed by atoms with van der Waals surface area (Å²) in [5.41, 5.74) is 14.3. The molecule has 0 unspecified atom stereocenters. The fourth-order valence-electron chi connectivity index (χ4n) is 8.09. The third-order valence-electron chi connectivity index (χ3n) is 11.3. The first-order valence-electron chi connectivity index (χ1n) is 21.9. The van der Waals surface area contributed by atoms with E-state index in [1.807, 2.05) is 91.4 Å². The molecule has 0 saturated carbocycles. The zero-order valence-corrected chi connectivity index (χ0v) is 33.2. The second-order valence-electron chi connectivity index (χ2n) is 15.3. The number of pyridine rings is 4. The standard InChI is InChI=1S/C55H41FN4O/c1-36-15-24-48-47-13-8-14-49(54(47)61-55(48)60-36)53-28-22-43(35-59-53)46-25-23-45(56)32-50(46)44-30-39(18-16-37-20-26-51(57-33-37)41-9-4-2-5-10-41)29-40(31-44)19-17-38-21-27-52(58-34-38)42-11-6-3-7-12-42/h2-15,20-35H,16-19H2,1H3/i1D3. The topological polar surface area (TPSA) is 64.7 Å². The van der Waals surface area contributed by atoms with Crippen LogP contribution in [0.1, 0.15) is 32.1 Å². The lowest BCUT2D eigenvalue weighted by Crippen LogP contribution is -1.99. The number of rotatable bonds is 11. The van der Waals surface area contributed by atoms with Crippen LogP contribution in [-0.4, -0.2) is 19.9 Å². The molecule has 5 nitrogen and oxygen atoms in total. The van der Waals surface area contributed by atoms with Gasteiger partial charge in [-0.05, 0) is 120 Å². The van der Waals surface area contributed by atoms with Crippen molar-refractivity contribution >= 4 is 22.1 Å². The molecular formula is C55H41FN4O. The Kier molecular flexibility index (Phi) is 9.33. The molecule has 0 saturated heterocycles. The molecule has 0 fully saturated rings. The predicted molar refractivity (Wildman–Crippen MR) is 244 cm³/mol. The van der Waals surface area contributed by atoms with E-state index in [9.17, 15) is 0 Å². The molecule has 0 bridgehead atoms. The van der Waals surface area contributed by atoms with Gasteiger partial charge >= 0.3 is 0 Å². The first-order valence-corrected chi connectivity index (χ1v) is 20.4. The van der Waals surface area contributed by atoms with Crippen LogP contribution in [0.15, 0.2) is 187 Å². The maximum Gasteiger partial charge on any atom is 0.227 e. The molecule has 5 aromatic heterocycles. The molecule has 294 valence electrons. The van der Waals surface area contributed by atoms with Crippen molar-refractivity contribution < 1.29 is 12.9 Å². The maximum absolute atomic E-state index is 15.3. The van der Waals surface area contributed by atoms with Crippen molar-refractivity contribution in [3.05, 3.63) is 216 Å². The van der Waals surface area contributed by atoms with Gasteiger partial charge in [0.2, 0.25) is 5.71 Å². The summed E-state index contributed by atoms with van der Waals surface area (Å²) >= 11 is 0. The van der Waals surface area contributed by atoms with Gasteiger partial charge in [0.15, 0.2) is 0 Å². The van der Waals surface area contributed by atoms with Crippen LogP contribution in [0.4, 0.5) is 4.39 Å². The van der Waals surface area contributed by atoms with E-state index < -0.39 is 6.85 Å². The number of fused-ring (bicyclic) bond motifs is 3. The van der Waals surface area contributed by atoms with Crippen LogP contribution in [0.25, 0.3) is 78.1 Å². The minimum Gasteiger partial charge on any atom is -0.437 e. The van der Waals surface area contributed by atoms with Crippen molar-refractivity contribution in [2.45, 2.75) is 32.5 Å². The molecule has 61 heavy (non-hydrogen) atoms. The molecule has 10 rings (SSSR count). The highest BCUT2D eigenvalue weighted by molar-refractivity contribution is 6.08. The number of benzene rings is 5. The summed E-state index contributed by atoms with van der Waals surface area (Å²) in [6, 6.07) is 53.3. The number of aromatic nitrogens is 4. The van der Waals surface area contributed by atoms with E-state index in [1.54, 1.807) is 12.1 Å². The van der Waals surface area contributed by atoms with Gasteiger partial charge < -0.3 is 4.42 Å². The summed E-state index contributed by atoms with van der Waals surface area (Å²) in [5.74, 6) is -0.323. The van der Waals surface area contributed by atoms with Gasteiger partial charge in [-0.15, -0.1) is 0 Å². The predicted octanol–water partition coefficient (Wildman–Crippen LogP) is 13.5. The largest absolute Gasteiger partial charge is 0.437 e. The number of aryl methyl sites for hydroxylation is 5. The molecule has 0 aliphatic rings. The van der Waals surface area contributed by atoms with Crippen molar-refractivity contribution in [3.63, 3.8) is 0 Å². The lowest BCUT2D eigenvalue weighted by Gasteiger charge is -2.15. The van der Waals surface area contributed by atoms with E-state index in [2.05, 4.69) is 71.7 Å². The Labute approximate surface area is 358 Å². The number of hydrogen-bond donors (Lipinski definition) is 0. The molecular weight excluding hydrogens is 752 g/mol. The highest BCUT2D eigenvalue weighted by Gasteiger charge is 2.16. The Bertz CT molecular complexity index is 3140. The average Bonchev–Trinajstić information content (AvgIpc) is 3.72. The summed E-state index contributed by atoms with van der Waals surface area (Å²) in [4.78, 5) is 18.8. The Morgan fingerprint density at radius 1 is 0.459 bits per heavy atom. The normalized spacial score (nSPS) is 12.3. The zero-order chi connectivity index (χ0) is 43.6. The Morgan fingerprint density at radius 3 is 1.70 bits per heavy atom. The molecule has 5 aromatic carbocycles. The quantitative estimate of drug-likeness (QED) is 0.130. The Balaban J connectivity index is 0.965. The number of hydrogen-bond acceptors (Lipinski definition) is 5. The Hall–Kier alpha value is -7.57. The van der Waals surface area contributed by atoms with Gasteiger partial charge in [-0.3, -0.25) is 15.0 Å². The summed E-state index contributed by atoms with van der Waals surface area (Å²) in [6.45, 7) is -2.35. The number of nitrogens with zero attached hydrogens (tertiary/aromatic N) is 4. The molecule has 0 spiro atoms. The van der Waals surface area contributed by atoms with Gasteiger partial charge in [-0.25, -0.2) is 9.37 Å². The molecule has 0 amide bonds. The molecule has 0 N–H and O–H groups in total. The van der Waals surface area contributed by atoms with Gasteiger partial charge in [0.1, 0.15) is 11.4 Å². The van der Waals surface area contributed by atoms with E-state index in [-0.39, 0.29) is 17.2 Å². The molecule has 0 aliphatic heterocycles. The maximum atomic E-state index is 15.3. The lowest BCUT2D eigenvalue weighted by atomic mass is 9.90. The molecule has 6 heteroatoms. The number of furan rings is 1. The monoisotopic (exact) mass is 795 g/mol. The van der Waals surface area contributed by atoms with Crippen LogP contribution >= 0.6 is 0 Å². The fourth-order valence-corrected chi connectivity index (χ4v) is 8.09. The van der Waals surface area contributed by atoms with Gasteiger partial charge in [-0.1, -0.05) is 115 Å². The van der Waals surface area contributed by atoms with E-state index in [4.69, 9.17) is 23.5 Å². The molecule has 10 aromatic rings. The van der Waals surface area contributed by atoms with E-state index in [0.29, 0.717) is 11.3 Å². The number of para-hydroxylation sites is 1. The van der Waals surface area contributed by atoms with Crippen molar-refractivity contribution in [3.8, 4) is 56.0 Å². The van der Waals surface area contributed by atoms with E-state index in [0.717, 1.165) is 109 Å². The SMILES string of the molecule is [2H]C([2H])([2H])c1ccc2c(n1)oc1c(-c3ccc(-c4ccc(F)cc4-c4cc(CCc5ccc(-c6ccccc6)nc5)cc(CCc5ccc(-c6ccccc6)nc5)c4)cn3)cccc12. The highest BCUT2D eigenvalue weighted by atomic mass is 19.1. The van der Waals surface area contributed by atoms with Crippen LogP contribution in [0.2, 0.25) is 0 Å². The van der Waals surface area contributed by atoms with Gasteiger partial charge in [0, 0.05) is 61.4 Å². The third kappa shape index (κ3) is 8.08. The highest BCUT2D eigenvalue weighted by Crippen LogP contribution is 2.38. The van der Waals surface area contributed by atoms with E-state index in [1.165, 1.54) is 12.1 Å². The smallest absolute Gasteiger partial charge is 0.227 e. The fraction of sp³-hybridized carbons (Fsp3) is 0.0909. The van der Waals surface area contributed by atoms with Crippen LogP contribution < -0.4 is 0 Å². The summed E-state index contributed by atoms with van der Waals surface area (Å²) in [7, 11) is 0. The first kappa shape index (κ1) is 34.3. The second kappa shape index (κ2) is 16.6. The summed E-state index contributed by atoms with van der Waals surface area (Å²) < 4.78 is 45.0. The van der Waals surface area contributed by atoms with Crippen molar-refractivity contribution in [1.29, 1.82) is 0 Å². The zero-order valence-electron chi connectivity index (χ0n) is 36.2. The third-order valence-corrected chi connectivity index (χ3v) is 11.3. The second-order valence-corrected chi connectivity index (χ2v) is 15.3. The van der Waals surface area contributed by atoms with Crippen LogP contribution in [0, 0.1) is 12.7 Å². The van der Waals surface area contributed by atoms with Gasteiger partial charge in [-0.2, -0.15) is 0 Å². The van der Waals surface area contributed by atoms with E-state index >= 15 is 4.39 Å². The Morgan fingerprint density at radius 2 is 1.10 bits per heavy atom. The van der Waals surface area contributed by atoms with Crippen molar-refractivity contribution in [2.24, 2.45) is 0 Å². The molecule has 5 heterocycles. The lowest BCUT2D eigenvalue weighted by molar-refractivity contribution is 0.628. The average molecular weight is 796 g/mol. The van der Waals surface area contributed by atoms with Gasteiger partial charge in [0.25, 0.3) is 0 Å². The summed E-state index contributed by atoms with van der Waals surface area (Å²) in [6.07, 6.45) is 8.88. The minimum absolute atomic E-state index is 0.0203.